The molecular formula is C15H17N3O5. The molecule has 0 aliphatic heterocycles. The molecule has 1 heterocycles. The quantitative estimate of drug-likeness (QED) is 0.796. The minimum atomic E-state index is -1.12. The third-order valence-electron chi connectivity index (χ3n) is 3.13. The van der Waals surface area contributed by atoms with Crippen LogP contribution in [0.1, 0.15) is 19.5 Å². The van der Waals surface area contributed by atoms with Crippen molar-refractivity contribution in [2.45, 2.75) is 26.4 Å². The molecule has 0 spiro atoms. The lowest BCUT2D eigenvalue weighted by Crippen LogP contribution is -2.45. The van der Waals surface area contributed by atoms with Crippen LogP contribution in [0.5, 0.6) is 0 Å². The minimum Gasteiger partial charge on any atom is -0.452 e. The van der Waals surface area contributed by atoms with E-state index in [2.05, 4.69) is 5.16 Å². The van der Waals surface area contributed by atoms with E-state index in [1.54, 1.807) is 38.1 Å². The van der Waals surface area contributed by atoms with Crippen molar-refractivity contribution in [3.05, 3.63) is 30.0 Å². The molecule has 1 aromatic carbocycles. The van der Waals surface area contributed by atoms with E-state index in [0.717, 1.165) is 0 Å². The standard InChI is InChI=1S/C15H17N3O5/c1-8(2)13(14(20)17-15(16)21)22-12(19)7-10-9-5-3-4-6-11(9)23-18-10/h3-6,8,13H,7H2,1-2H3,(H3,16,17,20,21)/t13-/m1/s1. The maximum atomic E-state index is 12.1. The summed E-state index contributed by atoms with van der Waals surface area (Å²) in [6.07, 6.45) is -1.27. The normalized spacial score (nSPS) is 12.1. The molecule has 3 amide bonds. The largest absolute Gasteiger partial charge is 0.452 e. The van der Waals surface area contributed by atoms with Gasteiger partial charge in [-0.2, -0.15) is 0 Å². The monoisotopic (exact) mass is 319 g/mol. The molecule has 2 rings (SSSR count). The number of fused-ring (bicyclic) bond motifs is 1. The Morgan fingerprint density at radius 3 is 2.65 bits per heavy atom. The van der Waals surface area contributed by atoms with Gasteiger partial charge in [0.2, 0.25) is 0 Å². The zero-order valence-corrected chi connectivity index (χ0v) is 12.7. The van der Waals surface area contributed by atoms with Gasteiger partial charge in [0.15, 0.2) is 11.7 Å². The molecule has 0 unspecified atom stereocenters. The van der Waals surface area contributed by atoms with Gasteiger partial charge in [0.25, 0.3) is 5.91 Å². The highest BCUT2D eigenvalue weighted by Crippen LogP contribution is 2.19. The number of esters is 1. The first kappa shape index (κ1) is 16.5. The van der Waals surface area contributed by atoms with E-state index < -0.39 is 24.0 Å². The number of imide groups is 1. The minimum absolute atomic E-state index is 0.149. The predicted molar refractivity (Wildman–Crippen MR) is 80.2 cm³/mol. The van der Waals surface area contributed by atoms with Gasteiger partial charge in [0.05, 0.1) is 6.42 Å². The lowest BCUT2D eigenvalue weighted by Gasteiger charge is -2.19. The maximum Gasteiger partial charge on any atom is 0.318 e. The fraction of sp³-hybridized carbons (Fsp3) is 0.333. The summed E-state index contributed by atoms with van der Waals surface area (Å²) < 4.78 is 10.3. The van der Waals surface area contributed by atoms with Crippen LogP contribution >= 0.6 is 0 Å². The molecule has 122 valence electrons. The molecule has 0 aliphatic carbocycles. The zero-order valence-electron chi connectivity index (χ0n) is 12.7. The molecule has 23 heavy (non-hydrogen) atoms. The van der Waals surface area contributed by atoms with Gasteiger partial charge in [-0.05, 0) is 18.1 Å². The summed E-state index contributed by atoms with van der Waals surface area (Å²) in [5, 5.41) is 6.44. The number of para-hydroxylation sites is 1. The van der Waals surface area contributed by atoms with Gasteiger partial charge in [-0.25, -0.2) is 4.79 Å². The van der Waals surface area contributed by atoms with Crippen molar-refractivity contribution in [1.82, 2.24) is 10.5 Å². The molecule has 8 heteroatoms. The van der Waals surface area contributed by atoms with Gasteiger partial charge in [0, 0.05) is 5.39 Å². The fourth-order valence-electron chi connectivity index (χ4n) is 2.07. The Labute approximate surface area is 131 Å². The molecule has 0 aliphatic rings. The van der Waals surface area contributed by atoms with Crippen molar-refractivity contribution in [2.24, 2.45) is 11.7 Å². The third-order valence-corrected chi connectivity index (χ3v) is 3.13. The van der Waals surface area contributed by atoms with E-state index in [-0.39, 0.29) is 12.3 Å². The van der Waals surface area contributed by atoms with Crippen molar-refractivity contribution in [3.8, 4) is 0 Å². The number of carbonyl (C=O) groups excluding carboxylic acids is 3. The second-order valence-electron chi connectivity index (χ2n) is 5.31. The average molecular weight is 319 g/mol. The maximum absolute atomic E-state index is 12.1. The van der Waals surface area contributed by atoms with E-state index in [1.807, 2.05) is 5.32 Å². The number of hydrogen-bond donors (Lipinski definition) is 2. The number of nitrogens with zero attached hydrogens (tertiary/aromatic N) is 1. The first-order valence-corrected chi connectivity index (χ1v) is 7.01. The van der Waals surface area contributed by atoms with Gasteiger partial charge in [-0.1, -0.05) is 31.1 Å². The smallest absolute Gasteiger partial charge is 0.318 e. The molecule has 0 saturated heterocycles. The van der Waals surface area contributed by atoms with Gasteiger partial charge in [-0.3, -0.25) is 14.9 Å². The van der Waals surface area contributed by atoms with Crippen LogP contribution in [0.15, 0.2) is 28.8 Å². The highest BCUT2D eigenvalue weighted by atomic mass is 16.5. The van der Waals surface area contributed by atoms with Crippen molar-refractivity contribution >= 4 is 28.9 Å². The molecule has 0 bridgehead atoms. The van der Waals surface area contributed by atoms with Crippen LogP contribution in [0.2, 0.25) is 0 Å². The molecule has 0 radical (unpaired) electrons. The number of carbonyl (C=O) groups is 3. The lowest BCUT2D eigenvalue weighted by atomic mass is 10.1. The number of amides is 3. The molecule has 1 atom stereocenters. The predicted octanol–water partition coefficient (Wildman–Crippen LogP) is 1.13. The van der Waals surface area contributed by atoms with Gasteiger partial charge < -0.3 is 15.0 Å². The fourth-order valence-corrected chi connectivity index (χ4v) is 2.07. The van der Waals surface area contributed by atoms with Crippen LogP contribution in [0.25, 0.3) is 11.0 Å². The molecule has 1 aromatic heterocycles. The second-order valence-corrected chi connectivity index (χ2v) is 5.31. The Balaban J connectivity index is 2.07. The van der Waals surface area contributed by atoms with Gasteiger partial charge in [0.1, 0.15) is 5.69 Å². The Kier molecular flexibility index (Phi) is 4.95. The zero-order chi connectivity index (χ0) is 17.0. The molecule has 0 saturated carbocycles. The summed E-state index contributed by atoms with van der Waals surface area (Å²) in [7, 11) is 0. The van der Waals surface area contributed by atoms with E-state index >= 15 is 0 Å². The van der Waals surface area contributed by atoms with Crippen LogP contribution in [-0.4, -0.2) is 29.2 Å². The highest BCUT2D eigenvalue weighted by molar-refractivity contribution is 5.97. The summed E-state index contributed by atoms with van der Waals surface area (Å²) in [6, 6.07) is 6.09. The Morgan fingerprint density at radius 1 is 1.30 bits per heavy atom. The number of urea groups is 1. The Morgan fingerprint density at radius 2 is 2.00 bits per heavy atom. The Hall–Kier alpha value is -2.90. The number of benzene rings is 1. The van der Waals surface area contributed by atoms with Crippen LogP contribution in [-0.2, 0) is 20.7 Å². The number of nitrogens with two attached hydrogens (primary N) is 1. The molecule has 3 N–H and O–H groups in total. The number of nitrogens with one attached hydrogen (secondary N) is 1. The first-order valence-electron chi connectivity index (χ1n) is 7.01. The van der Waals surface area contributed by atoms with Gasteiger partial charge in [-0.15, -0.1) is 0 Å². The van der Waals surface area contributed by atoms with Crippen molar-refractivity contribution in [2.75, 3.05) is 0 Å². The number of primary amides is 1. The second kappa shape index (κ2) is 6.91. The summed E-state index contributed by atoms with van der Waals surface area (Å²) in [4.78, 5) is 34.6. The summed E-state index contributed by atoms with van der Waals surface area (Å²) in [5.41, 5.74) is 5.88. The number of hydrogen-bond acceptors (Lipinski definition) is 6. The molecule has 2 aromatic rings. The van der Waals surface area contributed by atoms with E-state index in [4.69, 9.17) is 15.0 Å². The van der Waals surface area contributed by atoms with E-state index in [1.165, 1.54) is 0 Å². The number of aromatic nitrogens is 1. The van der Waals surface area contributed by atoms with Crippen LogP contribution in [0, 0.1) is 5.92 Å². The molecular weight excluding hydrogens is 302 g/mol. The van der Waals surface area contributed by atoms with Crippen molar-refractivity contribution < 1.29 is 23.6 Å². The topological polar surface area (TPSA) is 125 Å². The van der Waals surface area contributed by atoms with Crippen LogP contribution in [0.3, 0.4) is 0 Å². The number of rotatable bonds is 5. The third kappa shape index (κ3) is 4.06. The number of ether oxygens (including phenoxy) is 1. The summed E-state index contributed by atoms with van der Waals surface area (Å²) in [5.74, 6) is -1.74. The van der Waals surface area contributed by atoms with Crippen molar-refractivity contribution in [1.29, 1.82) is 0 Å². The summed E-state index contributed by atoms with van der Waals surface area (Å²) >= 11 is 0. The molecule has 0 fully saturated rings. The van der Waals surface area contributed by atoms with E-state index in [0.29, 0.717) is 16.7 Å². The van der Waals surface area contributed by atoms with Crippen LogP contribution < -0.4 is 11.1 Å². The Bertz CT molecular complexity index is 738. The highest BCUT2D eigenvalue weighted by Gasteiger charge is 2.28. The lowest BCUT2D eigenvalue weighted by molar-refractivity contribution is -0.157. The summed E-state index contributed by atoms with van der Waals surface area (Å²) in [6.45, 7) is 3.37. The SMILES string of the molecule is CC(C)[C@@H](OC(=O)Cc1noc2ccccc12)C(=O)NC(N)=O. The first-order chi connectivity index (χ1) is 10.9. The van der Waals surface area contributed by atoms with Crippen molar-refractivity contribution in [3.63, 3.8) is 0 Å². The van der Waals surface area contributed by atoms with E-state index in [9.17, 15) is 14.4 Å². The molecule has 8 nitrogen and oxygen atoms in total. The average Bonchev–Trinajstić information content (AvgIpc) is 2.87. The van der Waals surface area contributed by atoms with Crippen LogP contribution in [0.4, 0.5) is 4.79 Å². The van der Waals surface area contributed by atoms with Gasteiger partial charge >= 0.3 is 12.0 Å².